The van der Waals surface area contributed by atoms with E-state index < -0.39 is 0 Å². The summed E-state index contributed by atoms with van der Waals surface area (Å²) in [6, 6.07) is 10.1. The molecule has 0 aliphatic carbocycles. The third-order valence-electron chi connectivity index (χ3n) is 4.57. The molecule has 1 amide bonds. The predicted molar refractivity (Wildman–Crippen MR) is 85.6 cm³/mol. The fraction of sp³-hybridized carbons (Fsp3) is 0.588. The fourth-order valence-corrected chi connectivity index (χ4v) is 3.21. The molecule has 116 valence electrons. The minimum atomic E-state index is -0.0753. The molecule has 4 heteroatoms. The van der Waals surface area contributed by atoms with E-state index in [1.54, 1.807) is 0 Å². The van der Waals surface area contributed by atoms with E-state index in [9.17, 15) is 4.79 Å². The second-order valence-electron chi connectivity index (χ2n) is 6.07. The molecule has 21 heavy (non-hydrogen) atoms. The van der Waals surface area contributed by atoms with Gasteiger partial charge < -0.3 is 16.4 Å². The van der Waals surface area contributed by atoms with E-state index in [1.165, 1.54) is 0 Å². The van der Waals surface area contributed by atoms with Gasteiger partial charge in [-0.1, -0.05) is 37.3 Å². The lowest BCUT2D eigenvalue weighted by molar-refractivity contribution is -0.136. The van der Waals surface area contributed by atoms with Crippen LogP contribution < -0.4 is 11.5 Å². The molecular weight excluding hydrogens is 262 g/mol. The summed E-state index contributed by atoms with van der Waals surface area (Å²) in [6.07, 6.45) is 3.42. The zero-order chi connectivity index (χ0) is 15.2. The molecule has 1 aromatic rings. The molecule has 1 fully saturated rings. The molecule has 0 saturated carbocycles. The third kappa shape index (κ3) is 4.05. The first-order chi connectivity index (χ1) is 10.1. The number of nitrogens with zero attached hydrogens (tertiary/aromatic N) is 1. The number of benzene rings is 1. The number of hydrogen-bond acceptors (Lipinski definition) is 3. The normalized spacial score (nSPS) is 23.9. The van der Waals surface area contributed by atoms with Crippen LogP contribution in [-0.4, -0.2) is 29.9 Å². The molecule has 4 N–H and O–H groups in total. The van der Waals surface area contributed by atoms with Crippen LogP contribution in [0.4, 0.5) is 0 Å². The van der Waals surface area contributed by atoms with Gasteiger partial charge in [0.2, 0.25) is 5.91 Å². The van der Waals surface area contributed by atoms with Gasteiger partial charge in [-0.2, -0.15) is 0 Å². The van der Waals surface area contributed by atoms with Gasteiger partial charge in [0.25, 0.3) is 0 Å². The number of rotatable bonds is 5. The summed E-state index contributed by atoms with van der Waals surface area (Å²) in [5, 5.41) is 0. The molecule has 4 nitrogen and oxygen atoms in total. The monoisotopic (exact) mass is 289 g/mol. The summed E-state index contributed by atoms with van der Waals surface area (Å²) in [6.45, 7) is 3.58. The maximum Gasteiger partial charge on any atom is 0.222 e. The second-order valence-corrected chi connectivity index (χ2v) is 6.07. The second kappa shape index (κ2) is 7.57. The topological polar surface area (TPSA) is 72.3 Å². The summed E-state index contributed by atoms with van der Waals surface area (Å²) >= 11 is 0. The first-order valence-corrected chi connectivity index (χ1v) is 7.93. The molecule has 0 radical (unpaired) electrons. The minimum Gasteiger partial charge on any atom is -0.338 e. The highest BCUT2D eigenvalue weighted by atomic mass is 16.2. The Labute approximate surface area is 127 Å². The van der Waals surface area contributed by atoms with Crippen molar-refractivity contribution in [1.82, 2.24) is 4.90 Å². The van der Waals surface area contributed by atoms with Gasteiger partial charge in [0.15, 0.2) is 0 Å². The lowest BCUT2D eigenvalue weighted by Crippen LogP contribution is -2.51. The van der Waals surface area contributed by atoms with Gasteiger partial charge in [0, 0.05) is 31.6 Å². The lowest BCUT2D eigenvalue weighted by Gasteiger charge is -2.39. The predicted octanol–water partition coefficient (Wildman–Crippen LogP) is 2.05. The summed E-state index contributed by atoms with van der Waals surface area (Å²) in [5.41, 5.74) is 13.1. The van der Waals surface area contributed by atoms with E-state index in [2.05, 4.69) is 6.92 Å². The maximum atomic E-state index is 12.5. The molecule has 1 aliphatic heterocycles. The highest BCUT2D eigenvalue weighted by Crippen LogP contribution is 2.24. The molecule has 3 atom stereocenters. The van der Waals surface area contributed by atoms with Gasteiger partial charge in [0.05, 0.1) is 0 Å². The number of carbonyl (C=O) groups excluding carboxylic acids is 1. The van der Waals surface area contributed by atoms with E-state index in [0.717, 1.165) is 24.9 Å². The molecule has 0 aromatic heterocycles. The van der Waals surface area contributed by atoms with Crippen molar-refractivity contribution in [3.05, 3.63) is 35.9 Å². The Bertz CT molecular complexity index is 449. The maximum absolute atomic E-state index is 12.5. The van der Waals surface area contributed by atoms with Crippen molar-refractivity contribution < 1.29 is 4.79 Å². The molecule has 0 bridgehead atoms. The lowest BCUT2D eigenvalue weighted by atomic mass is 9.90. The van der Waals surface area contributed by atoms with Crippen molar-refractivity contribution >= 4 is 5.91 Å². The number of carbonyl (C=O) groups is 1. The van der Waals surface area contributed by atoms with E-state index in [-0.39, 0.29) is 18.0 Å². The third-order valence-corrected chi connectivity index (χ3v) is 4.57. The van der Waals surface area contributed by atoms with Crippen LogP contribution in [-0.2, 0) is 4.79 Å². The molecular formula is C17H27N3O. The van der Waals surface area contributed by atoms with Crippen molar-refractivity contribution in [2.45, 2.75) is 44.7 Å². The minimum absolute atomic E-state index is 0.0753. The van der Waals surface area contributed by atoms with Gasteiger partial charge in [0.1, 0.15) is 0 Å². The van der Waals surface area contributed by atoms with Crippen molar-refractivity contribution in [2.75, 3.05) is 13.1 Å². The van der Waals surface area contributed by atoms with Gasteiger partial charge in [-0.3, -0.25) is 4.79 Å². The Morgan fingerprint density at radius 2 is 2.10 bits per heavy atom. The van der Waals surface area contributed by atoms with Gasteiger partial charge >= 0.3 is 0 Å². The van der Waals surface area contributed by atoms with Crippen molar-refractivity contribution in [2.24, 2.45) is 17.4 Å². The van der Waals surface area contributed by atoms with Gasteiger partial charge in [-0.15, -0.1) is 0 Å². The summed E-state index contributed by atoms with van der Waals surface area (Å²) in [5.74, 6) is 0.693. The largest absolute Gasteiger partial charge is 0.338 e. The summed E-state index contributed by atoms with van der Waals surface area (Å²) < 4.78 is 0. The molecule has 1 aromatic carbocycles. The average molecular weight is 289 g/mol. The van der Waals surface area contributed by atoms with Crippen LogP contribution in [0.2, 0.25) is 0 Å². The Kier molecular flexibility index (Phi) is 5.76. The van der Waals surface area contributed by atoms with E-state index in [1.807, 2.05) is 35.2 Å². The fourth-order valence-electron chi connectivity index (χ4n) is 3.21. The molecule has 1 heterocycles. The first kappa shape index (κ1) is 16.0. The molecule has 0 spiro atoms. The molecule has 2 rings (SSSR count). The zero-order valence-corrected chi connectivity index (χ0v) is 12.9. The van der Waals surface area contributed by atoms with E-state index in [0.29, 0.717) is 25.3 Å². The quantitative estimate of drug-likeness (QED) is 0.871. The van der Waals surface area contributed by atoms with Crippen molar-refractivity contribution in [3.63, 3.8) is 0 Å². The number of piperidine rings is 1. The zero-order valence-electron chi connectivity index (χ0n) is 12.9. The highest BCUT2D eigenvalue weighted by Gasteiger charge is 2.30. The van der Waals surface area contributed by atoms with Crippen LogP contribution in [0.3, 0.4) is 0 Å². The average Bonchev–Trinajstić information content (AvgIpc) is 2.52. The standard InChI is InChI=1S/C17H27N3O/c1-13-6-5-11-20(16(13)12-18)17(21)10-9-15(19)14-7-3-2-4-8-14/h2-4,7-8,13,15-16H,5-6,9-12,18-19H2,1H3/t13-,15+,16+/m1/s1. The Hall–Kier alpha value is -1.39. The van der Waals surface area contributed by atoms with Crippen molar-refractivity contribution in [3.8, 4) is 0 Å². The SMILES string of the molecule is C[C@@H]1CCCN(C(=O)CC[C@H](N)c2ccccc2)[C@H]1CN. The summed E-state index contributed by atoms with van der Waals surface area (Å²) in [4.78, 5) is 14.4. The van der Waals surface area contributed by atoms with E-state index >= 15 is 0 Å². The number of hydrogen-bond donors (Lipinski definition) is 2. The van der Waals surface area contributed by atoms with Gasteiger partial charge in [-0.25, -0.2) is 0 Å². The summed E-state index contributed by atoms with van der Waals surface area (Å²) in [7, 11) is 0. The highest BCUT2D eigenvalue weighted by molar-refractivity contribution is 5.76. The van der Waals surface area contributed by atoms with Crippen molar-refractivity contribution in [1.29, 1.82) is 0 Å². The smallest absolute Gasteiger partial charge is 0.222 e. The Balaban J connectivity index is 1.89. The van der Waals surface area contributed by atoms with Gasteiger partial charge in [-0.05, 0) is 30.7 Å². The number of nitrogens with two attached hydrogens (primary N) is 2. The van der Waals surface area contributed by atoms with Crippen LogP contribution in [0.5, 0.6) is 0 Å². The van der Waals surface area contributed by atoms with Crippen LogP contribution in [0.1, 0.15) is 44.2 Å². The number of likely N-dealkylation sites (tertiary alicyclic amines) is 1. The first-order valence-electron chi connectivity index (χ1n) is 7.93. The number of amides is 1. The Morgan fingerprint density at radius 3 is 2.76 bits per heavy atom. The van der Waals surface area contributed by atoms with E-state index in [4.69, 9.17) is 11.5 Å². The van der Waals surface area contributed by atoms with Crippen LogP contribution >= 0.6 is 0 Å². The molecule has 0 unspecified atom stereocenters. The van der Waals surface area contributed by atoms with Crippen LogP contribution in [0, 0.1) is 5.92 Å². The Morgan fingerprint density at radius 1 is 1.38 bits per heavy atom. The van der Waals surface area contributed by atoms with Crippen LogP contribution in [0.15, 0.2) is 30.3 Å². The molecule has 1 saturated heterocycles. The molecule has 1 aliphatic rings. The van der Waals surface area contributed by atoms with Crippen LogP contribution in [0.25, 0.3) is 0 Å².